The fourth-order valence-electron chi connectivity index (χ4n) is 3.54. The first-order chi connectivity index (χ1) is 14.2. The topological polar surface area (TPSA) is 102 Å². The summed E-state index contributed by atoms with van der Waals surface area (Å²) in [5, 5.41) is 24.2. The average Bonchev–Trinajstić information content (AvgIpc) is 2.74. The van der Waals surface area contributed by atoms with Gasteiger partial charge in [0, 0.05) is 56.1 Å². The van der Waals surface area contributed by atoms with Gasteiger partial charge in [-0.2, -0.15) is 0 Å². The number of nitrogens with zero attached hydrogens (tertiary/aromatic N) is 1. The number of carbonyl (C=O) groups is 2. The Morgan fingerprint density at radius 1 is 0.862 bits per heavy atom. The van der Waals surface area contributed by atoms with Gasteiger partial charge in [-0.3, -0.25) is 9.59 Å². The van der Waals surface area contributed by atoms with Gasteiger partial charge in [0.2, 0.25) is 0 Å². The number of aliphatic hydroxyl groups is 2. The van der Waals surface area contributed by atoms with Crippen molar-refractivity contribution in [2.45, 2.75) is 0 Å². The van der Waals surface area contributed by atoms with Crippen LogP contribution in [0.25, 0.3) is 6.08 Å². The van der Waals surface area contributed by atoms with Crippen LogP contribution in [0.2, 0.25) is 0 Å². The van der Waals surface area contributed by atoms with Crippen molar-refractivity contribution in [3.05, 3.63) is 64.4 Å². The lowest BCUT2D eigenvalue weighted by Crippen LogP contribution is -2.39. The van der Waals surface area contributed by atoms with Crippen LogP contribution in [0.3, 0.4) is 0 Å². The van der Waals surface area contributed by atoms with Gasteiger partial charge in [-0.15, -0.1) is 0 Å². The number of hydrogen-bond donors (Lipinski definition) is 4. The largest absolute Gasteiger partial charge is 0.395 e. The zero-order valence-corrected chi connectivity index (χ0v) is 16.4. The molecule has 29 heavy (non-hydrogen) atoms. The summed E-state index contributed by atoms with van der Waals surface area (Å²) in [6.07, 6.45) is 5.03. The van der Waals surface area contributed by atoms with E-state index in [4.69, 9.17) is 10.2 Å². The molecular weight excluding hydrogens is 370 g/mol. The summed E-state index contributed by atoms with van der Waals surface area (Å²) < 4.78 is 0. The molecule has 0 aliphatic heterocycles. The lowest BCUT2D eigenvalue weighted by Gasteiger charge is -2.31. The fraction of sp³-hybridized carbons (Fsp3) is 0.364. The minimum absolute atomic E-state index is 0.0581. The molecule has 7 nitrogen and oxygen atoms in total. The second kappa shape index (κ2) is 10.3. The predicted molar refractivity (Wildman–Crippen MR) is 111 cm³/mol. The maximum absolute atomic E-state index is 13.3. The van der Waals surface area contributed by atoms with E-state index in [1.54, 1.807) is 18.2 Å². The Morgan fingerprint density at radius 2 is 1.52 bits per heavy atom. The normalized spacial score (nSPS) is 15.3. The van der Waals surface area contributed by atoms with Crippen LogP contribution in [0.15, 0.2) is 53.3 Å². The predicted octanol–water partition coefficient (Wildman–Crippen LogP) is 0.125. The van der Waals surface area contributed by atoms with Gasteiger partial charge in [0.1, 0.15) is 0 Å². The van der Waals surface area contributed by atoms with E-state index in [9.17, 15) is 9.59 Å². The van der Waals surface area contributed by atoms with Crippen molar-refractivity contribution >= 4 is 17.6 Å². The zero-order valence-electron chi connectivity index (χ0n) is 16.4. The van der Waals surface area contributed by atoms with Gasteiger partial charge < -0.3 is 25.7 Å². The smallest absolute Gasteiger partial charge is 0.196 e. The molecule has 0 saturated carbocycles. The van der Waals surface area contributed by atoms with Crippen LogP contribution >= 0.6 is 0 Å². The average molecular weight is 397 g/mol. The SMILES string of the molecule is O=C1C=CC(N(CCNCCO)CCNCCO)=C2C(=O)c3ccccc3C=C12. The van der Waals surface area contributed by atoms with Gasteiger partial charge in [0.05, 0.1) is 18.8 Å². The minimum atomic E-state index is -0.164. The number of nitrogens with one attached hydrogen (secondary N) is 2. The molecule has 0 aromatic heterocycles. The molecular formula is C22H27N3O4. The van der Waals surface area contributed by atoms with Gasteiger partial charge in [0.15, 0.2) is 11.6 Å². The molecule has 2 aliphatic carbocycles. The number of hydrogen-bond acceptors (Lipinski definition) is 7. The minimum Gasteiger partial charge on any atom is -0.395 e. The van der Waals surface area contributed by atoms with Gasteiger partial charge in [-0.25, -0.2) is 0 Å². The highest BCUT2D eigenvalue weighted by atomic mass is 16.3. The molecule has 0 spiro atoms. The van der Waals surface area contributed by atoms with Crippen LogP contribution < -0.4 is 10.6 Å². The van der Waals surface area contributed by atoms with Crippen LogP contribution in [0.4, 0.5) is 0 Å². The van der Waals surface area contributed by atoms with Gasteiger partial charge in [-0.05, 0) is 23.8 Å². The van der Waals surface area contributed by atoms with E-state index < -0.39 is 0 Å². The van der Waals surface area contributed by atoms with Crippen LogP contribution in [0.5, 0.6) is 0 Å². The first kappa shape index (κ1) is 21.1. The Bertz CT molecular complexity index is 845. The van der Waals surface area contributed by atoms with Crippen molar-refractivity contribution in [2.75, 3.05) is 52.5 Å². The van der Waals surface area contributed by atoms with E-state index in [0.29, 0.717) is 56.0 Å². The number of rotatable bonds is 11. The monoisotopic (exact) mass is 397 g/mol. The summed E-state index contributed by atoms with van der Waals surface area (Å²) in [5.41, 5.74) is 2.97. The summed E-state index contributed by atoms with van der Waals surface area (Å²) >= 11 is 0. The van der Waals surface area contributed by atoms with E-state index in [-0.39, 0.29) is 24.8 Å². The van der Waals surface area contributed by atoms with Crippen molar-refractivity contribution in [3.63, 3.8) is 0 Å². The number of benzene rings is 1. The second-order valence-electron chi connectivity index (χ2n) is 6.87. The van der Waals surface area contributed by atoms with Crippen molar-refractivity contribution in [3.8, 4) is 0 Å². The first-order valence-electron chi connectivity index (χ1n) is 9.88. The molecule has 0 unspecified atom stereocenters. The van der Waals surface area contributed by atoms with Crippen molar-refractivity contribution in [1.29, 1.82) is 0 Å². The molecule has 0 heterocycles. The Morgan fingerprint density at radius 3 is 2.17 bits per heavy atom. The number of carbonyl (C=O) groups excluding carboxylic acids is 2. The van der Waals surface area contributed by atoms with E-state index in [0.717, 1.165) is 11.3 Å². The van der Waals surface area contributed by atoms with Crippen LogP contribution in [-0.4, -0.2) is 79.2 Å². The maximum atomic E-state index is 13.3. The molecule has 0 saturated heterocycles. The molecule has 0 fully saturated rings. The molecule has 0 radical (unpaired) electrons. The van der Waals surface area contributed by atoms with Crippen LogP contribution in [0, 0.1) is 0 Å². The first-order valence-corrected chi connectivity index (χ1v) is 9.88. The highest BCUT2D eigenvalue weighted by Gasteiger charge is 2.32. The highest BCUT2D eigenvalue weighted by molar-refractivity contribution is 6.28. The number of allylic oxidation sites excluding steroid dienone is 4. The van der Waals surface area contributed by atoms with E-state index in [1.807, 2.05) is 18.2 Å². The lowest BCUT2D eigenvalue weighted by molar-refractivity contribution is -0.111. The number of aliphatic hydroxyl groups excluding tert-OH is 2. The molecule has 0 amide bonds. The molecule has 7 heteroatoms. The van der Waals surface area contributed by atoms with Crippen molar-refractivity contribution < 1.29 is 19.8 Å². The van der Waals surface area contributed by atoms with E-state index >= 15 is 0 Å². The molecule has 3 rings (SSSR count). The van der Waals surface area contributed by atoms with Crippen LogP contribution in [0.1, 0.15) is 15.9 Å². The number of fused-ring (bicyclic) bond motifs is 2. The fourth-order valence-corrected chi connectivity index (χ4v) is 3.54. The molecule has 0 atom stereocenters. The summed E-state index contributed by atoms with van der Waals surface area (Å²) in [5.74, 6) is -0.300. The summed E-state index contributed by atoms with van der Waals surface area (Å²) in [7, 11) is 0. The molecule has 0 bridgehead atoms. The van der Waals surface area contributed by atoms with Gasteiger partial charge >= 0.3 is 0 Å². The molecule has 1 aromatic carbocycles. The molecule has 2 aliphatic rings. The molecule has 4 N–H and O–H groups in total. The molecule has 1 aromatic rings. The standard InChI is InChI=1S/C22H27N3O4/c26-13-9-23-7-11-25(12-8-24-10-14-27)19-5-6-20(28)18-15-16-3-1-2-4-17(16)22(29)21(18)19/h1-6,15,23-24,26-27H,7-14H2. The van der Waals surface area contributed by atoms with Crippen LogP contribution in [-0.2, 0) is 4.79 Å². The molecule has 154 valence electrons. The summed E-state index contributed by atoms with van der Waals surface area (Å²) in [6.45, 7) is 3.58. The zero-order chi connectivity index (χ0) is 20.6. The number of Topliss-reactive ketones (excluding diaryl/α,β-unsaturated/α-hetero) is 1. The van der Waals surface area contributed by atoms with Crippen molar-refractivity contribution in [1.82, 2.24) is 15.5 Å². The Hall–Kier alpha value is -2.58. The maximum Gasteiger partial charge on any atom is 0.196 e. The van der Waals surface area contributed by atoms with Gasteiger partial charge in [-0.1, -0.05) is 24.3 Å². The lowest BCUT2D eigenvalue weighted by atomic mass is 9.81. The summed E-state index contributed by atoms with van der Waals surface area (Å²) in [6, 6.07) is 7.31. The Labute approximate surface area is 170 Å². The Kier molecular flexibility index (Phi) is 7.48. The second-order valence-corrected chi connectivity index (χ2v) is 6.87. The van der Waals surface area contributed by atoms with E-state index in [1.165, 1.54) is 6.08 Å². The van der Waals surface area contributed by atoms with Gasteiger partial charge in [0.25, 0.3) is 0 Å². The quantitative estimate of drug-likeness (QED) is 0.394. The van der Waals surface area contributed by atoms with Crippen molar-refractivity contribution in [2.24, 2.45) is 0 Å². The third kappa shape index (κ3) is 4.89. The third-order valence-electron chi connectivity index (χ3n) is 4.95. The number of ketones is 2. The van der Waals surface area contributed by atoms with E-state index in [2.05, 4.69) is 15.5 Å². The highest BCUT2D eigenvalue weighted by Crippen LogP contribution is 2.34. The summed E-state index contributed by atoms with van der Waals surface area (Å²) in [4.78, 5) is 27.8. The third-order valence-corrected chi connectivity index (χ3v) is 4.95. The Balaban J connectivity index is 1.92.